The van der Waals surface area contributed by atoms with Crippen LogP contribution in [0.15, 0.2) is 65.8 Å². The molecule has 0 saturated carbocycles. The van der Waals surface area contributed by atoms with Gasteiger partial charge < -0.3 is 0 Å². The molecule has 0 amide bonds. The molecule has 124 valence electrons. The van der Waals surface area contributed by atoms with Crippen molar-refractivity contribution in [3.8, 4) is 0 Å². The Morgan fingerprint density at radius 2 is 1.83 bits per heavy atom. The minimum atomic E-state index is -3.77. The summed E-state index contributed by atoms with van der Waals surface area (Å²) in [5.41, 5.74) is 2.60. The number of hydrogen-bond acceptors (Lipinski definition) is 3. The summed E-state index contributed by atoms with van der Waals surface area (Å²) in [6, 6.07) is 12.6. The Bertz CT molecular complexity index is 950. The van der Waals surface area contributed by atoms with E-state index < -0.39 is 15.8 Å². The molecule has 0 aliphatic rings. The van der Waals surface area contributed by atoms with E-state index in [-0.39, 0.29) is 4.90 Å². The predicted octanol–water partition coefficient (Wildman–Crippen LogP) is 3.18. The molecule has 0 aliphatic heterocycles. The summed E-state index contributed by atoms with van der Waals surface area (Å²) < 4.78 is 41.5. The number of hydrogen-bond donors (Lipinski definition) is 1. The molecule has 3 rings (SSSR count). The van der Waals surface area contributed by atoms with Crippen molar-refractivity contribution in [3.05, 3.63) is 77.9 Å². The molecule has 0 bridgehead atoms. The Labute approximate surface area is 139 Å². The summed E-state index contributed by atoms with van der Waals surface area (Å²) in [6.07, 6.45) is 3.06. The number of nitrogens with zero attached hydrogens (tertiary/aromatic N) is 2. The Morgan fingerprint density at radius 1 is 1.12 bits per heavy atom. The second kappa shape index (κ2) is 6.45. The van der Waals surface area contributed by atoms with E-state index in [0.717, 1.165) is 23.3 Å². The topological polar surface area (TPSA) is 64.0 Å². The summed E-state index contributed by atoms with van der Waals surface area (Å²) in [5, 5.41) is 4.17. The van der Waals surface area contributed by atoms with Gasteiger partial charge in [0.15, 0.2) is 0 Å². The van der Waals surface area contributed by atoms with Gasteiger partial charge in [-0.05, 0) is 42.3 Å². The summed E-state index contributed by atoms with van der Waals surface area (Å²) in [4.78, 5) is -0.00412. The van der Waals surface area contributed by atoms with E-state index in [9.17, 15) is 12.8 Å². The first kappa shape index (κ1) is 16.2. The highest BCUT2D eigenvalue weighted by Gasteiger charge is 2.15. The molecule has 3 aromatic rings. The van der Waals surface area contributed by atoms with Crippen LogP contribution in [-0.2, 0) is 16.6 Å². The monoisotopic (exact) mass is 345 g/mol. The molecule has 7 heteroatoms. The molecule has 0 radical (unpaired) electrons. The van der Waals surface area contributed by atoms with Crippen molar-refractivity contribution in [2.24, 2.45) is 0 Å². The molecule has 5 nitrogen and oxygen atoms in total. The largest absolute Gasteiger partial charge is 0.276 e. The first-order chi connectivity index (χ1) is 11.4. The van der Waals surface area contributed by atoms with Gasteiger partial charge in [0.05, 0.1) is 23.3 Å². The van der Waals surface area contributed by atoms with Crippen molar-refractivity contribution >= 4 is 15.7 Å². The molecule has 0 unspecified atom stereocenters. The van der Waals surface area contributed by atoms with Crippen LogP contribution in [0.1, 0.15) is 11.1 Å². The van der Waals surface area contributed by atoms with Crippen LogP contribution in [0.4, 0.5) is 10.1 Å². The lowest BCUT2D eigenvalue weighted by Gasteiger charge is -2.06. The van der Waals surface area contributed by atoms with Gasteiger partial charge in [0.1, 0.15) is 5.82 Å². The van der Waals surface area contributed by atoms with Crippen LogP contribution in [-0.4, -0.2) is 18.2 Å². The van der Waals surface area contributed by atoms with Crippen LogP contribution in [0.3, 0.4) is 0 Å². The van der Waals surface area contributed by atoms with Crippen LogP contribution in [0.2, 0.25) is 0 Å². The van der Waals surface area contributed by atoms with Gasteiger partial charge in [0.25, 0.3) is 10.0 Å². The number of rotatable bonds is 5. The van der Waals surface area contributed by atoms with Gasteiger partial charge in [0.2, 0.25) is 0 Å². The van der Waals surface area contributed by atoms with Crippen molar-refractivity contribution in [1.82, 2.24) is 9.78 Å². The summed E-state index contributed by atoms with van der Waals surface area (Å²) in [6.45, 7) is 2.56. The number of sulfonamides is 1. The van der Waals surface area contributed by atoms with E-state index in [1.54, 1.807) is 10.9 Å². The van der Waals surface area contributed by atoms with Crippen LogP contribution < -0.4 is 4.72 Å². The maximum Gasteiger partial charge on any atom is 0.261 e. The second-order valence-corrected chi connectivity index (χ2v) is 7.09. The van der Waals surface area contributed by atoms with E-state index in [2.05, 4.69) is 9.82 Å². The zero-order chi connectivity index (χ0) is 17.2. The normalized spacial score (nSPS) is 11.4. The quantitative estimate of drug-likeness (QED) is 0.772. The average molecular weight is 345 g/mol. The SMILES string of the molecule is Cc1ccccc1Cn1cc(NS(=O)(=O)c2ccc(F)cc2)cn1. The van der Waals surface area contributed by atoms with Gasteiger partial charge in [-0.2, -0.15) is 5.10 Å². The fourth-order valence-electron chi connectivity index (χ4n) is 2.29. The lowest BCUT2D eigenvalue weighted by Crippen LogP contribution is -2.12. The van der Waals surface area contributed by atoms with Gasteiger partial charge in [-0.1, -0.05) is 24.3 Å². The Morgan fingerprint density at radius 3 is 2.54 bits per heavy atom. The van der Waals surface area contributed by atoms with Crippen molar-refractivity contribution in [2.75, 3.05) is 4.72 Å². The highest BCUT2D eigenvalue weighted by atomic mass is 32.2. The van der Waals surface area contributed by atoms with E-state index in [1.807, 2.05) is 31.2 Å². The van der Waals surface area contributed by atoms with Crippen molar-refractivity contribution in [3.63, 3.8) is 0 Å². The molecule has 1 aromatic heterocycles. The lowest BCUT2D eigenvalue weighted by molar-refractivity contribution is 0.599. The van der Waals surface area contributed by atoms with E-state index >= 15 is 0 Å². The third-order valence-electron chi connectivity index (χ3n) is 3.60. The molecule has 2 aromatic carbocycles. The standard InChI is InChI=1S/C17H16FN3O2S/c1-13-4-2-3-5-14(13)11-21-12-16(10-19-21)20-24(22,23)17-8-6-15(18)7-9-17/h2-10,12,20H,11H2,1H3. The first-order valence-corrected chi connectivity index (χ1v) is 8.78. The summed E-state index contributed by atoms with van der Waals surface area (Å²) in [5.74, 6) is -0.486. The fourth-order valence-corrected chi connectivity index (χ4v) is 3.32. The number of benzene rings is 2. The Hall–Kier alpha value is -2.67. The third-order valence-corrected chi connectivity index (χ3v) is 5.00. The van der Waals surface area contributed by atoms with Crippen molar-refractivity contribution in [2.45, 2.75) is 18.4 Å². The smallest absolute Gasteiger partial charge is 0.261 e. The molecule has 24 heavy (non-hydrogen) atoms. The zero-order valence-corrected chi connectivity index (χ0v) is 13.8. The van der Waals surface area contributed by atoms with Crippen LogP contribution in [0.25, 0.3) is 0 Å². The number of anilines is 1. The predicted molar refractivity (Wildman–Crippen MR) is 89.7 cm³/mol. The van der Waals surface area contributed by atoms with Crippen LogP contribution >= 0.6 is 0 Å². The van der Waals surface area contributed by atoms with E-state index in [0.29, 0.717) is 12.2 Å². The van der Waals surface area contributed by atoms with Crippen molar-refractivity contribution < 1.29 is 12.8 Å². The van der Waals surface area contributed by atoms with Gasteiger partial charge >= 0.3 is 0 Å². The number of aromatic nitrogens is 2. The van der Waals surface area contributed by atoms with Crippen LogP contribution in [0.5, 0.6) is 0 Å². The molecule has 0 atom stereocenters. The van der Waals surface area contributed by atoms with Gasteiger partial charge in [-0.15, -0.1) is 0 Å². The van der Waals surface area contributed by atoms with Gasteiger partial charge in [-0.25, -0.2) is 12.8 Å². The molecule has 1 heterocycles. The highest BCUT2D eigenvalue weighted by Crippen LogP contribution is 2.17. The van der Waals surface area contributed by atoms with Gasteiger partial charge in [-0.3, -0.25) is 9.40 Å². The number of nitrogens with one attached hydrogen (secondary N) is 1. The molecule has 0 saturated heterocycles. The maximum absolute atomic E-state index is 12.9. The molecular formula is C17H16FN3O2S. The molecule has 0 aliphatic carbocycles. The van der Waals surface area contributed by atoms with E-state index in [4.69, 9.17) is 0 Å². The fraction of sp³-hybridized carbons (Fsp3) is 0.118. The van der Waals surface area contributed by atoms with Crippen LogP contribution in [0, 0.1) is 12.7 Å². The Kier molecular flexibility index (Phi) is 4.35. The molecule has 1 N–H and O–H groups in total. The minimum Gasteiger partial charge on any atom is -0.276 e. The number of aryl methyl sites for hydroxylation is 1. The second-order valence-electron chi connectivity index (χ2n) is 5.41. The molecule has 0 fully saturated rings. The minimum absolute atomic E-state index is 0.00412. The molecular weight excluding hydrogens is 329 g/mol. The zero-order valence-electron chi connectivity index (χ0n) is 13.0. The van der Waals surface area contributed by atoms with Crippen molar-refractivity contribution in [1.29, 1.82) is 0 Å². The summed E-state index contributed by atoms with van der Waals surface area (Å²) >= 11 is 0. The number of halogens is 1. The average Bonchev–Trinajstić information content (AvgIpc) is 2.96. The van der Waals surface area contributed by atoms with Gasteiger partial charge in [0, 0.05) is 6.20 Å². The lowest BCUT2D eigenvalue weighted by atomic mass is 10.1. The maximum atomic E-state index is 12.9. The Balaban J connectivity index is 1.76. The molecule has 0 spiro atoms. The van der Waals surface area contributed by atoms with E-state index in [1.165, 1.54) is 18.3 Å². The summed E-state index contributed by atoms with van der Waals surface area (Å²) in [7, 11) is -3.77. The third kappa shape index (κ3) is 3.62. The highest BCUT2D eigenvalue weighted by molar-refractivity contribution is 7.92. The first-order valence-electron chi connectivity index (χ1n) is 7.29.